The molecule has 0 N–H and O–H groups in total. The molecule has 96 valence electrons. The molecule has 0 spiro atoms. The van der Waals surface area contributed by atoms with Crippen molar-refractivity contribution in [2.45, 2.75) is 72.1 Å². The maximum Gasteiger partial charge on any atom is 0.305 e. The summed E-state index contributed by atoms with van der Waals surface area (Å²) in [4.78, 5) is 11.3. The highest BCUT2D eigenvalue weighted by Gasteiger charge is 2.11. The molecule has 0 bridgehead atoms. The minimum absolute atomic E-state index is 0.0273. The monoisotopic (exact) mass is 228 g/mol. The van der Waals surface area contributed by atoms with Gasteiger partial charge < -0.3 is 4.74 Å². The molecular weight excluding hydrogens is 200 g/mol. The molecule has 0 unspecified atom stereocenters. The molecule has 16 heavy (non-hydrogen) atoms. The van der Waals surface area contributed by atoms with Gasteiger partial charge >= 0.3 is 5.97 Å². The maximum absolute atomic E-state index is 11.3. The van der Waals surface area contributed by atoms with Crippen molar-refractivity contribution in [2.24, 2.45) is 5.92 Å². The van der Waals surface area contributed by atoms with E-state index in [1.165, 1.54) is 38.5 Å². The number of hydrogen-bond donors (Lipinski definition) is 0. The van der Waals surface area contributed by atoms with Crippen molar-refractivity contribution < 1.29 is 9.53 Å². The van der Waals surface area contributed by atoms with E-state index in [0.29, 0.717) is 13.0 Å². The molecule has 2 nitrogen and oxygen atoms in total. The Morgan fingerprint density at radius 2 is 1.56 bits per heavy atom. The van der Waals surface area contributed by atoms with Gasteiger partial charge in [-0.25, -0.2) is 0 Å². The van der Waals surface area contributed by atoms with Crippen molar-refractivity contribution >= 4 is 5.97 Å². The summed E-state index contributed by atoms with van der Waals surface area (Å²) in [5, 5.41) is 0. The van der Waals surface area contributed by atoms with Crippen LogP contribution in [0.5, 0.6) is 0 Å². The molecule has 0 atom stereocenters. The lowest BCUT2D eigenvalue weighted by atomic mass is 9.92. The van der Waals surface area contributed by atoms with Crippen LogP contribution in [0.25, 0.3) is 0 Å². The second-order valence-electron chi connectivity index (χ2n) is 4.49. The summed E-state index contributed by atoms with van der Waals surface area (Å²) < 4.78 is 4.96. The number of esters is 1. The van der Waals surface area contributed by atoms with Gasteiger partial charge in [-0.2, -0.15) is 0 Å². The lowest BCUT2D eigenvalue weighted by molar-refractivity contribution is -0.143. The van der Waals surface area contributed by atoms with Crippen molar-refractivity contribution in [1.82, 2.24) is 0 Å². The van der Waals surface area contributed by atoms with Crippen molar-refractivity contribution in [2.75, 3.05) is 6.61 Å². The molecule has 0 aliphatic heterocycles. The molecule has 2 heteroatoms. The van der Waals surface area contributed by atoms with Crippen LogP contribution in [0, 0.1) is 5.92 Å². The van der Waals surface area contributed by atoms with Gasteiger partial charge in [0.2, 0.25) is 0 Å². The Morgan fingerprint density at radius 1 is 1.00 bits per heavy atom. The first-order valence-electron chi connectivity index (χ1n) is 6.90. The third-order valence-corrected chi connectivity index (χ3v) is 2.99. The molecule has 0 aromatic rings. The first kappa shape index (κ1) is 15.5. The fourth-order valence-corrected chi connectivity index (χ4v) is 1.97. The molecular formula is C14H28O2. The van der Waals surface area contributed by atoms with Gasteiger partial charge in [0.05, 0.1) is 6.61 Å². The number of rotatable bonds is 10. The molecule has 0 saturated heterocycles. The first-order chi connectivity index (χ1) is 7.74. The van der Waals surface area contributed by atoms with Crippen LogP contribution in [-0.4, -0.2) is 12.6 Å². The third-order valence-electron chi connectivity index (χ3n) is 2.99. The molecule has 0 radical (unpaired) electrons. The van der Waals surface area contributed by atoms with Gasteiger partial charge in [0, 0.05) is 6.42 Å². The summed E-state index contributed by atoms with van der Waals surface area (Å²) in [5.41, 5.74) is 0. The Labute approximate surface area is 101 Å². The minimum atomic E-state index is -0.0273. The van der Waals surface area contributed by atoms with Crippen molar-refractivity contribution in [3.63, 3.8) is 0 Å². The predicted molar refractivity (Wildman–Crippen MR) is 68.4 cm³/mol. The number of carbonyl (C=O) groups is 1. The second kappa shape index (κ2) is 11.0. The maximum atomic E-state index is 11.3. The summed E-state index contributed by atoms with van der Waals surface area (Å²) >= 11 is 0. The summed E-state index contributed by atoms with van der Waals surface area (Å²) in [5.74, 6) is 0.699. The van der Waals surface area contributed by atoms with E-state index in [4.69, 9.17) is 4.74 Å². The molecule has 0 aliphatic rings. The van der Waals surface area contributed by atoms with E-state index in [1.807, 2.05) is 6.92 Å². The van der Waals surface area contributed by atoms with Crippen molar-refractivity contribution in [1.29, 1.82) is 0 Å². The highest BCUT2D eigenvalue weighted by molar-refractivity contribution is 5.69. The third kappa shape index (κ3) is 8.75. The Bertz CT molecular complexity index is 158. The molecule has 0 aliphatic carbocycles. The van der Waals surface area contributed by atoms with Gasteiger partial charge in [0.1, 0.15) is 0 Å². The average Bonchev–Trinajstić information content (AvgIpc) is 2.28. The molecule has 0 aromatic carbocycles. The zero-order valence-electron chi connectivity index (χ0n) is 11.3. The van der Waals surface area contributed by atoms with Crippen LogP contribution in [0.2, 0.25) is 0 Å². The summed E-state index contributed by atoms with van der Waals surface area (Å²) in [6.45, 7) is 6.82. The van der Waals surface area contributed by atoms with E-state index in [0.717, 1.165) is 12.3 Å². The highest BCUT2D eigenvalue weighted by Crippen LogP contribution is 2.21. The zero-order valence-corrected chi connectivity index (χ0v) is 11.3. The van der Waals surface area contributed by atoms with E-state index in [-0.39, 0.29) is 5.97 Å². The summed E-state index contributed by atoms with van der Waals surface area (Å²) in [7, 11) is 0. The molecule has 0 aromatic heterocycles. The molecule has 0 fully saturated rings. The van der Waals surface area contributed by atoms with E-state index < -0.39 is 0 Å². The highest BCUT2D eigenvalue weighted by atomic mass is 16.5. The van der Waals surface area contributed by atoms with Gasteiger partial charge in [-0.3, -0.25) is 4.79 Å². The molecule has 0 heterocycles. The lowest BCUT2D eigenvalue weighted by Crippen LogP contribution is -2.08. The standard InChI is InChI=1S/C14H28O2/c1-4-7-9-13(10-8-5-2)11-12-14(15)16-6-3/h13H,4-12H2,1-3H3. The molecule has 0 amide bonds. The van der Waals surface area contributed by atoms with E-state index in [9.17, 15) is 4.79 Å². The largest absolute Gasteiger partial charge is 0.466 e. The van der Waals surface area contributed by atoms with Crippen molar-refractivity contribution in [3.05, 3.63) is 0 Å². The van der Waals surface area contributed by atoms with Crippen LogP contribution in [0.1, 0.15) is 72.1 Å². The van der Waals surface area contributed by atoms with Crippen LogP contribution in [0.3, 0.4) is 0 Å². The fraction of sp³-hybridized carbons (Fsp3) is 0.929. The lowest BCUT2D eigenvalue weighted by Gasteiger charge is -2.15. The van der Waals surface area contributed by atoms with Crippen LogP contribution in [0.4, 0.5) is 0 Å². The average molecular weight is 228 g/mol. The van der Waals surface area contributed by atoms with Crippen molar-refractivity contribution in [3.8, 4) is 0 Å². The van der Waals surface area contributed by atoms with Crippen LogP contribution in [-0.2, 0) is 9.53 Å². The Hall–Kier alpha value is -0.530. The Kier molecular flexibility index (Phi) is 10.6. The molecule has 0 saturated carbocycles. The Morgan fingerprint density at radius 3 is 2.00 bits per heavy atom. The number of ether oxygens (including phenoxy) is 1. The van der Waals surface area contributed by atoms with Crippen LogP contribution >= 0.6 is 0 Å². The van der Waals surface area contributed by atoms with E-state index in [2.05, 4.69) is 13.8 Å². The Balaban J connectivity index is 3.75. The molecule has 0 rings (SSSR count). The van der Waals surface area contributed by atoms with Gasteiger partial charge in [-0.05, 0) is 19.3 Å². The summed E-state index contributed by atoms with van der Waals surface area (Å²) in [6.07, 6.45) is 9.25. The van der Waals surface area contributed by atoms with Gasteiger partial charge in [-0.1, -0.05) is 52.4 Å². The normalized spacial score (nSPS) is 10.8. The summed E-state index contributed by atoms with van der Waals surface area (Å²) in [6, 6.07) is 0. The zero-order chi connectivity index (χ0) is 12.2. The minimum Gasteiger partial charge on any atom is -0.466 e. The quantitative estimate of drug-likeness (QED) is 0.520. The smallest absolute Gasteiger partial charge is 0.305 e. The number of hydrogen-bond acceptors (Lipinski definition) is 2. The fourth-order valence-electron chi connectivity index (χ4n) is 1.97. The van der Waals surface area contributed by atoms with E-state index >= 15 is 0 Å². The predicted octanol–water partition coefficient (Wildman–Crippen LogP) is 4.33. The topological polar surface area (TPSA) is 26.3 Å². The van der Waals surface area contributed by atoms with E-state index in [1.54, 1.807) is 0 Å². The SMILES string of the molecule is CCCCC(CCCC)CCC(=O)OCC. The number of unbranched alkanes of at least 4 members (excludes halogenated alkanes) is 2. The van der Waals surface area contributed by atoms with Crippen LogP contribution < -0.4 is 0 Å². The van der Waals surface area contributed by atoms with Gasteiger partial charge in [0.25, 0.3) is 0 Å². The first-order valence-corrected chi connectivity index (χ1v) is 6.90. The van der Waals surface area contributed by atoms with Gasteiger partial charge in [0.15, 0.2) is 0 Å². The van der Waals surface area contributed by atoms with Crippen LogP contribution in [0.15, 0.2) is 0 Å². The number of carbonyl (C=O) groups excluding carboxylic acids is 1. The van der Waals surface area contributed by atoms with Gasteiger partial charge in [-0.15, -0.1) is 0 Å². The second-order valence-corrected chi connectivity index (χ2v) is 4.49.